The maximum atomic E-state index is 12.9. The zero-order chi connectivity index (χ0) is 20.8. The molecule has 0 aliphatic carbocycles. The second-order valence-electron chi connectivity index (χ2n) is 6.53. The minimum Gasteiger partial charge on any atom is -0.385 e. The van der Waals surface area contributed by atoms with Gasteiger partial charge in [0.2, 0.25) is 5.91 Å². The molecule has 2 aromatic carbocycles. The molecule has 0 unspecified atom stereocenters. The van der Waals surface area contributed by atoms with Gasteiger partial charge in [0.05, 0.1) is 22.3 Å². The maximum absolute atomic E-state index is 12.9. The summed E-state index contributed by atoms with van der Waals surface area (Å²) in [6, 6.07) is 13.0. The zero-order valence-corrected chi connectivity index (χ0v) is 18.7. The molecule has 29 heavy (non-hydrogen) atoms. The Bertz CT molecular complexity index is 1080. The lowest BCUT2D eigenvalue weighted by atomic mass is 10.2. The molecule has 0 atom stereocenters. The summed E-state index contributed by atoms with van der Waals surface area (Å²) in [6.45, 7) is 3.02. The summed E-state index contributed by atoms with van der Waals surface area (Å²) in [5, 5.41) is 3.99. The topological polar surface area (TPSA) is 73.2 Å². The SMILES string of the molecule is COCCCn1c(SCC(=O)Nc2ccc(C)cc2Br)nc2ccccc2c1=O. The van der Waals surface area contributed by atoms with Crippen LogP contribution in [0.3, 0.4) is 0 Å². The average molecular weight is 476 g/mol. The van der Waals surface area contributed by atoms with E-state index in [0.717, 1.165) is 10.0 Å². The van der Waals surface area contributed by atoms with Crippen LogP contribution >= 0.6 is 27.7 Å². The Hall–Kier alpha value is -2.16. The summed E-state index contributed by atoms with van der Waals surface area (Å²) in [5.74, 6) is -0.0135. The van der Waals surface area contributed by atoms with Gasteiger partial charge < -0.3 is 10.1 Å². The fourth-order valence-corrected chi connectivity index (χ4v) is 4.28. The lowest BCUT2D eigenvalue weighted by Gasteiger charge is -2.13. The van der Waals surface area contributed by atoms with Crippen LogP contribution in [0.5, 0.6) is 0 Å². The van der Waals surface area contributed by atoms with Crippen LogP contribution in [0.1, 0.15) is 12.0 Å². The molecule has 6 nitrogen and oxygen atoms in total. The lowest BCUT2D eigenvalue weighted by molar-refractivity contribution is -0.113. The number of hydrogen-bond donors (Lipinski definition) is 1. The highest BCUT2D eigenvalue weighted by molar-refractivity contribution is 9.10. The number of thioether (sulfide) groups is 1. The monoisotopic (exact) mass is 475 g/mol. The Labute approximate surface area is 181 Å². The first-order valence-corrected chi connectivity index (χ1v) is 10.9. The number of rotatable bonds is 8. The standard InChI is InChI=1S/C21H22BrN3O3S/c1-14-8-9-18(16(22)12-14)23-19(26)13-29-21-24-17-7-4-3-6-15(17)20(27)25(21)10-5-11-28-2/h3-4,6-9,12H,5,10-11,13H2,1-2H3,(H,23,26). The Morgan fingerprint density at radius 1 is 1.28 bits per heavy atom. The van der Waals surface area contributed by atoms with E-state index >= 15 is 0 Å². The molecular weight excluding hydrogens is 454 g/mol. The molecule has 0 bridgehead atoms. The Balaban J connectivity index is 1.79. The van der Waals surface area contributed by atoms with E-state index < -0.39 is 0 Å². The van der Waals surface area contributed by atoms with Gasteiger partial charge in [0.25, 0.3) is 5.56 Å². The minimum atomic E-state index is -0.162. The maximum Gasteiger partial charge on any atom is 0.262 e. The molecular formula is C21H22BrN3O3S. The van der Waals surface area contributed by atoms with Crippen molar-refractivity contribution in [2.45, 2.75) is 25.0 Å². The van der Waals surface area contributed by atoms with Gasteiger partial charge in [0.1, 0.15) is 0 Å². The number of carbonyl (C=O) groups excluding carboxylic acids is 1. The molecule has 0 saturated carbocycles. The van der Waals surface area contributed by atoms with Gasteiger partial charge in [0, 0.05) is 24.7 Å². The number of carbonyl (C=O) groups is 1. The van der Waals surface area contributed by atoms with Crippen molar-refractivity contribution >= 4 is 50.2 Å². The number of anilines is 1. The molecule has 0 radical (unpaired) electrons. The van der Waals surface area contributed by atoms with Crippen molar-refractivity contribution in [3.05, 3.63) is 62.9 Å². The third-order valence-corrected chi connectivity index (χ3v) is 5.92. The molecule has 1 aromatic heterocycles. The molecule has 0 saturated heterocycles. The molecule has 3 rings (SSSR count). The third-order valence-electron chi connectivity index (χ3n) is 4.29. The molecule has 152 valence electrons. The molecule has 0 spiro atoms. The number of nitrogens with zero attached hydrogens (tertiary/aromatic N) is 2. The highest BCUT2D eigenvalue weighted by Gasteiger charge is 2.14. The summed E-state index contributed by atoms with van der Waals surface area (Å²) in [5.41, 5.74) is 2.34. The average Bonchev–Trinajstić information content (AvgIpc) is 2.70. The van der Waals surface area contributed by atoms with Crippen LogP contribution in [0.2, 0.25) is 0 Å². The number of methoxy groups -OCH3 is 1. The molecule has 0 fully saturated rings. The quantitative estimate of drug-likeness (QED) is 0.299. The van der Waals surface area contributed by atoms with Crippen LogP contribution in [-0.2, 0) is 16.1 Å². The van der Waals surface area contributed by atoms with E-state index in [1.165, 1.54) is 11.8 Å². The minimum absolute atomic E-state index is 0.101. The Kier molecular flexibility index (Phi) is 7.46. The Morgan fingerprint density at radius 2 is 2.07 bits per heavy atom. The van der Waals surface area contributed by atoms with Gasteiger partial charge in [-0.15, -0.1) is 0 Å². The number of aryl methyl sites for hydroxylation is 1. The van der Waals surface area contributed by atoms with E-state index in [9.17, 15) is 9.59 Å². The van der Waals surface area contributed by atoms with E-state index in [0.29, 0.717) is 41.3 Å². The summed E-state index contributed by atoms with van der Waals surface area (Å²) >= 11 is 4.72. The number of fused-ring (bicyclic) bond motifs is 1. The van der Waals surface area contributed by atoms with Crippen molar-refractivity contribution in [1.29, 1.82) is 0 Å². The van der Waals surface area contributed by atoms with Gasteiger partial charge in [-0.05, 0) is 59.1 Å². The van der Waals surface area contributed by atoms with Crippen LogP contribution in [0.4, 0.5) is 5.69 Å². The number of ether oxygens (including phenoxy) is 1. The molecule has 1 amide bonds. The molecule has 3 aromatic rings. The summed E-state index contributed by atoms with van der Waals surface area (Å²) < 4.78 is 7.56. The van der Waals surface area contributed by atoms with Gasteiger partial charge in [-0.25, -0.2) is 4.98 Å². The lowest BCUT2D eigenvalue weighted by Crippen LogP contribution is -2.25. The highest BCUT2D eigenvalue weighted by Crippen LogP contribution is 2.24. The largest absolute Gasteiger partial charge is 0.385 e. The number of nitrogens with one attached hydrogen (secondary N) is 1. The van der Waals surface area contributed by atoms with Crippen molar-refractivity contribution in [3.8, 4) is 0 Å². The third kappa shape index (κ3) is 5.46. The van der Waals surface area contributed by atoms with Crippen LogP contribution in [0.25, 0.3) is 10.9 Å². The van der Waals surface area contributed by atoms with Gasteiger partial charge in [-0.3, -0.25) is 14.2 Å². The number of para-hydroxylation sites is 1. The molecule has 8 heteroatoms. The predicted molar refractivity (Wildman–Crippen MR) is 121 cm³/mol. The second kappa shape index (κ2) is 10.0. The first-order valence-electron chi connectivity index (χ1n) is 9.17. The van der Waals surface area contributed by atoms with Crippen LogP contribution in [-0.4, -0.2) is 34.9 Å². The molecule has 1 heterocycles. The van der Waals surface area contributed by atoms with Gasteiger partial charge in [-0.1, -0.05) is 30.0 Å². The van der Waals surface area contributed by atoms with Gasteiger partial charge in [0.15, 0.2) is 5.16 Å². The molecule has 1 N–H and O–H groups in total. The number of benzene rings is 2. The smallest absolute Gasteiger partial charge is 0.262 e. The van der Waals surface area contributed by atoms with Crippen LogP contribution < -0.4 is 10.9 Å². The van der Waals surface area contributed by atoms with Crippen LogP contribution in [0.15, 0.2) is 56.9 Å². The zero-order valence-electron chi connectivity index (χ0n) is 16.3. The second-order valence-corrected chi connectivity index (χ2v) is 8.33. The van der Waals surface area contributed by atoms with Crippen molar-refractivity contribution in [1.82, 2.24) is 9.55 Å². The summed E-state index contributed by atoms with van der Waals surface area (Å²) in [7, 11) is 1.63. The van der Waals surface area contributed by atoms with Crippen molar-refractivity contribution in [2.75, 3.05) is 24.8 Å². The van der Waals surface area contributed by atoms with E-state index in [2.05, 4.69) is 26.2 Å². The fourth-order valence-electron chi connectivity index (χ4n) is 2.86. The fraction of sp³-hybridized carbons (Fsp3) is 0.286. The Morgan fingerprint density at radius 3 is 2.83 bits per heavy atom. The van der Waals surface area contributed by atoms with E-state index in [1.807, 2.05) is 43.3 Å². The van der Waals surface area contributed by atoms with E-state index in [4.69, 9.17) is 4.74 Å². The molecule has 0 aliphatic rings. The van der Waals surface area contributed by atoms with Crippen molar-refractivity contribution in [2.24, 2.45) is 0 Å². The van der Waals surface area contributed by atoms with Gasteiger partial charge in [-0.2, -0.15) is 0 Å². The summed E-state index contributed by atoms with van der Waals surface area (Å²) in [6.07, 6.45) is 0.687. The van der Waals surface area contributed by atoms with E-state index in [1.54, 1.807) is 17.7 Å². The van der Waals surface area contributed by atoms with Gasteiger partial charge >= 0.3 is 0 Å². The highest BCUT2D eigenvalue weighted by atomic mass is 79.9. The van der Waals surface area contributed by atoms with E-state index in [-0.39, 0.29) is 17.2 Å². The number of halogens is 1. The van der Waals surface area contributed by atoms with Crippen LogP contribution in [0, 0.1) is 6.92 Å². The molecule has 0 aliphatic heterocycles. The first-order chi connectivity index (χ1) is 14.0. The number of aromatic nitrogens is 2. The van der Waals surface area contributed by atoms with Crippen molar-refractivity contribution in [3.63, 3.8) is 0 Å². The van der Waals surface area contributed by atoms with Crippen molar-refractivity contribution < 1.29 is 9.53 Å². The normalized spacial score (nSPS) is 11.0. The predicted octanol–water partition coefficient (Wildman–Crippen LogP) is 4.23. The first kappa shape index (κ1) is 21.5. The summed E-state index contributed by atoms with van der Waals surface area (Å²) in [4.78, 5) is 30.0. The number of amides is 1. The number of hydrogen-bond acceptors (Lipinski definition) is 5.